The molecule has 2 aromatic heterocycles. The highest BCUT2D eigenvalue weighted by Gasteiger charge is 2.16. The zero-order valence-corrected chi connectivity index (χ0v) is 19.7. The van der Waals surface area contributed by atoms with E-state index in [1.54, 1.807) is 24.3 Å². The van der Waals surface area contributed by atoms with Gasteiger partial charge in [-0.2, -0.15) is 0 Å². The number of aromatic nitrogens is 3. The van der Waals surface area contributed by atoms with Crippen molar-refractivity contribution in [2.75, 3.05) is 19.7 Å². The molecule has 0 aliphatic carbocycles. The fourth-order valence-electron chi connectivity index (χ4n) is 3.97. The summed E-state index contributed by atoms with van der Waals surface area (Å²) in [6.07, 6.45) is 1.00. The van der Waals surface area contributed by atoms with Gasteiger partial charge < -0.3 is 5.11 Å². The number of fused-ring (bicyclic) bond motifs is 1. The van der Waals surface area contributed by atoms with Gasteiger partial charge in [-0.3, -0.25) is 19.2 Å². The number of hydrogen-bond donors (Lipinski definition) is 1. The summed E-state index contributed by atoms with van der Waals surface area (Å²) in [4.78, 5) is 25.0. The summed E-state index contributed by atoms with van der Waals surface area (Å²) < 4.78 is 15.3. The van der Waals surface area contributed by atoms with E-state index in [2.05, 4.69) is 4.90 Å². The number of para-hydroxylation sites is 1. The lowest BCUT2D eigenvalue weighted by Gasteiger charge is -2.19. The summed E-state index contributed by atoms with van der Waals surface area (Å²) in [7, 11) is 0. The van der Waals surface area contributed by atoms with Gasteiger partial charge in [0.1, 0.15) is 11.6 Å². The molecule has 2 heterocycles. The minimum absolute atomic E-state index is 0.102. The molecule has 34 heavy (non-hydrogen) atoms. The molecule has 0 atom stereocenters. The number of aryl methyl sites for hydroxylation is 2. The van der Waals surface area contributed by atoms with Crippen molar-refractivity contribution >= 4 is 22.5 Å². The molecule has 0 saturated carbocycles. The third-order valence-corrected chi connectivity index (χ3v) is 6.03. The van der Waals surface area contributed by atoms with Crippen LogP contribution in [0.2, 0.25) is 5.02 Å². The Bertz CT molecular complexity index is 1360. The van der Waals surface area contributed by atoms with Crippen molar-refractivity contribution in [3.8, 4) is 5.69 Å². The number of benzene rings is 2. The molecule has 176 valence electrons. The quantitative estimate of drug-likeness (QED) is 0.389. The van der Waals surface area contributed by atoms with Crippen LogP contribution in [0.5, 0.6) is 0 Å². The van der Waals surface area contributed by atoms with E-state index in [0.29, 0.717) is 48.0 Å². The van der Waals surface area contributed by atoms with E-state index in [0.717, 1.165) is 17.9 Å². The topological polar surface area (TPSA) is 71.2 Å². The lowest BCUT2D eigenvalue weighted by atomic mass is 10.1. The van der Waals surface area contributed by atoms with Crippen molar-refractivity contribution in [2.45, 2.75) is 26.3 Å². The molecule has 0 fully saturated rings. The van der Waals surface area contributed by atoms with E-state index >= 15 is 0 Å². The Hall–Kier alpha value is -3.13. The van der Waals surface area contributed by atoms with Gasteiger partial charge in [0.05, 0.1) is 33.9 Å². The van der Waals surface area contributed by atoms with E-state index in [9.17, 15) is 14.3 Å². The van der Waals surface area contributed by atoms with Gasteiger partial charge in [-0.05, 0) is 55.4 Å². The molecule has 6 nitrogen and oxygen atoms in total. The van der Waals surface area contributed by atoms with Gasteiger partial charge in [-0.25, -0.2) is 9.37 Å². The fourth-order valence-corrected chi connectivity index (χ4v) is 4.19. The van der Waals surface area contributed by atoms with Gasteiger partial charge in [0, 0.05) is 25.2 Å². The van der Waals surface area contributed by atoms with Gasteiger partial charge >= 0.3 is 0 Å². The van der Waals surface area contributed by atoms with Crippen LogP contribution < -0.4 is 5.56 Å². The molecule has 0 saturated heterocycles. The summed E-state index contributed by atoms with van der Waals surface area (Å²) in [5.41, 5.74) is 2.37. The van der Waals surface area contributed by atoms with Crippen molar-refractivity contribution in [1.29, 1.82) is 0 Å². The lowest BCUT2D eigenvalue weighted by molar-refractivity contribution is 0.195. The molecule has 0 bridgehead atoms. The Morgan fingerprint density at radius 2 is 1.82 bits per heavy atom. The molecule has 0 amide bonds. The normalized spacial score (nSPS) is 11.4. The van der Waals surface area contributed by atoms with Gasteiger partial charge in [0.25, 0.3) is 5.56 Å². The highest BCUT2D eigenvalue weighted by Crippen LogP contribution is 2.22. The number of hydrogen-bond acceptors (Lipinski definition) is 5. The second-order valence-electron chi connectivity index (χ2n) is 7.99. The molecule has 4 rings (SSSR count). The first-order valence-electron chi connectivity index (χ1n) is 11.2. The summed E-state index contributed by atoms with van der Waals surface area (Å²) in [6, 6.07) is 16.9. The SMILES string of the molecule is CCN(CCO)Cc1cccc(CCc2nc3ccc(F)cc3c(=O)n2-c2ccccc2Cl)n1. The average molecular weight is 481 g/mol. The predicted molar refractivity (Wildman–Crippen MR) is 132 cm³/mol. The van der Waals surface area contributed by atoms with Crippen molar-refractivity contribution in [1.82, 2.24) is 19.4 Å². The van der Waals surface area contributed by atoms with Gasteiger partial charge in [0.15, 0.2) is 0 Å². The molecule has 0 radical (unpaired) electrons. The Labute approximate surface area is 202 Å². The zero-order valence-electron chi connectivity index (χ0n) is 18.9. The van der Waals surface area contributed by atoms with E-state index in [4.69, 9.17) is 21.6 Å². The molecular weight excluding hydrogens is 455 g/mol. The molecular formula is C26H26ClFN4O2. The fraction of sp³-hybridized carbons (Fsp3) is 0.269. The van der Waals surface area contributed by atoms with Crippen molar-refractivity contribution in [2.24, 2.45) is 0 Å². The number of likely N-dealkylation sites (N-methyl/N-ethyl adjacent to an activating group) is 1. The minimum atomic E-state index is -0.492. The highest BCUT2D eigenvalue weighted by molar-refractivity contribution is 6.32. The van der Waals surface area contributed by atoms with Gasteiger partial charge in [0.2, 0.25) is 0 Å². The standard InChI is InChI=1S/C26H26ClFN4O2/c1-2-31(14-15-33)17-20-7-5-6-19(29-20)11-13-25-30-23-12-10-18(28)16-21(23)26(34)32(25)24-9-4-3-8-22(24)27/h3-10,12,16,33H,2,11,13-15,17H2,1H3. The Kier molecular flexibility index (Phi) is 7.67. The molecule has 1 N–H and O–H groups in total. The Balaban J connectivity index is 1.69. The average Bonchev–Trinajstić information content (AvgIpc) is 2.84. The van der Waals surface area contributed by atoms with E-state index in [1.807, 2.05) is 25.1 Å². The van der Waals surface area contributed by atoms with Crippen LogP contribution in [0.15, 0.2) is 65.5 Å². The number of halogens is 2. The number of aliphatic hydroxyl groups is 1. The van der Waals surface area contributed by atoms with Crippen LogP contribution in [0.4, 0.5) is 4.39 Å². The Morgan fingerprint density at radius 3 is 2.59 bits per heavy atom. The Morgan fingerprint density at radius 1 is 1.03 bits per heavy atom. The predicted octanol–water partition coefficient (Wildman–Crippen LogP) is 4.17. The highest BCUT2D eigenvalue weighted by atomic mass is 35.5. The number of nitrogens with zero attached hydrogens (tertiary/aromatic N) is 4. The third kappa shape index (κ3) is 5.33. The minimum Gasteiger partial charge on any atom is -0.395 e. The van der Waals surface area contributed by atoms with Crippen LogP contribution in [0, 0.1) is 5.82 Å². The van der Waals surface area contributed by atoms with Crippen molar-refractivity contribution < 1.29 is 9.50 Å². The molecule has 0 spiro atoms. The molecule has 2 aromatic carbocycles. The summed E-state index contributed by atoms with van der Waals surface area (Å²) in [5, 5.41) is 9.85. The molecule has 0 aliphatic heterocycles. The molecule has 0 unspecified atom stereocenters. The van der Waals surface area contributed by atoms with Crippen LogP contribution in [0.1, 0.15) is 24.1 Å². The summed E-state index contributed by atoms with van der Waals surface area (Å²) >= 11 is 6.41. The number of pyridine rings is 1. The third-order valence-electron chi connectivity index (χ3n) is 5.71. The first-order valence-corrected chi connectivity index (χ1v) is 11.6. The summed E-state index contributed by atoms with van der Waals surface area (Å²) in [5.74, 6) is 0.0353. The van der Waals surface area contributed by atoms with Crippen LogP contribution in [0.3, 0.4) is 0 Å². The maximum Gasteiger partial charge on any atom is 0.266 e. The second kappa shape index (κ2) is 10.9. The van der Waals surface area contributed by atoms with Crippen molar-refractivity contribution in [3.05, 3.63) is 99.1 Å². The zero-order chi connectivity index (χ0) is 24.1. The monoisotopic (exact) mass is 480 g/mol. The van der Waals surface area contributed by atoms with E-state index in [-0.39, 0.29) is 17.6 Å². The molecule has 8 heteroatoms. The van der Waals surface area contributed by atoms with Crippen LogP contribution in [0.25, 0.3) is 16.6 Å². The number of aliphatic hydroxyl groups excluding tert-OH is 1. The van der Waals surface area contributed by atoms with Crippen LogP contribution in [-0.4, -0.2) is 44.2 Å². The molecule has 0 aliphatic rings. The maximum atomic E-state index is 13.9. The number of rotatable bonds is 9. The van der Waals surface area contributed by atoms with Crippen LogP contribution >= 0.6 is 11.6 Å². The largest absolute Gasteiger partial charge is 0.395 e. The van der Waals surface area contributed by atoms with Gasteiger partial charge in [-0.1, -0.05) is 36.7 Å². The van der Waals surface area contributed by atoms with E-state index in [1.165, 1.54) is 22.8 Å². The van der Waals surface area contributed by atoms with Crippen LogP contribution in [-0.2, 0) is 19.4 Å². The first-order chi connectivity index (χ1) is 16.5. The summed E-state index contributed by atoms with van der Waals surface area (Å²) in [6.45, 7) is 4.21. The first kappa shape index (κ1) is 24.0. The second-order valence-corrected chi connectivity index (χ2v) is 8.40. The van der Waals surface area contributed by atoms with E-state index < -0.39 is 5.82 Å². The smallest absolute Gasteiger partial charge is 0.266 e. The lowest BCUT2D eigenvalue weighted by Crippen LogP contribution is -2.26. The van der Waals surface area contributed by atoms with Crippen molar-refractivity contribution in [3.63, 3.8) is 0 Å². The molecule has 4 aromatic rings. The van der Waals surface area contributed by atoms with Gasteiger partial charge in [-0.15, -0.1) is 0 Å². The maximum absolute atomic E-state index is 13.9.